The molecule has 13 heteroatoms. The number of carbonyl (C=O) groups is 1. The summed E-state index contributed by atoms with van der Waals surface area (Å²) in [6.07, 6.45) is 6.08. The number of ether oxygens (including phenoxy) is 1. The third-order valence-electron chi connectivity index (χ3n) is 6.71. The summed E-state index contributed by atoms with van der Waals surface area (Å²) >= 11 is 0. The predicted molar refractivity (Wildman–Crippen MR) is 128 cm³/mol. The highest BCUT2D eigenvalue weighted by Gasteiger charge is 2.46. The number of rotatable bonds is 6. The van der Waals surface area contributed by atoms with Crippen LogP contribution in [0.5, 0.6) is 0 Å². The minimum Gasteiger partial charge on any atom is -0.385 e. The normalized spacial score (nSPS) is 20.7. The molecule has 2 fully saturated rings. The van der Waals surface area contributed by atoms with E-state index in [0.717, 1.165) is 24.0 Å². The van der Waals surface area contributed by atoms with Crippen LogP contribution >= 0.6 is 0 Å². The van der Waals surface area contributed by atoms with Crippen LogP contribution in [0.1, 0.15) is 23.3 Å². The van der Waals surface area contributed by atoms with Gasteiger partial charge in [-0.15, -0.1) is 5.10 Å². The average molecular weight is 494 g/mol. The molecule has 1 aliphatic heterocycles. The maximum absolute atomic E-state index is 14.2. The highest BCUT2D eigenvalue weighted by molar-refractivity contribution is 5.94. The van der Waals surface area contributed by atoms with Crippen molar-refractivity contribution in [3.8, 4) is 5.82 Å². The monoisotopic (exact) mass is 493 g/mol. The lowest BCUT2D eigenvalue weighted by molar-refractivity contribution is -0.000686. The van der Waals surface area contributed by atoms with Gasteiger partial charge in [0.15, 0.2) is 28.8 Å². The van der Waals surface area contributed by atoms with Gasteiger partial charge in [0.05, 0.1) is 30.2 Å². The van der Waals surface area contributed by atoms with Gasteiger partial charge in [0, 0.05) is 33.0 Å². The van der Waals surface area contributed by atoms with Gasteiger partial charge in [0.25, 0.3) is 11.5 Å². The van der Waals surface area contributed by atoms with Gasteiger partial charge in [-0.05, 0) is 30.9 Å². The molecule has 0 bridgehead atoms. The van der Waals surface area contributed by atoms with Crippen molar-refractivity contribution < 1.29 is 13.9 Å². The van der Waals surface area contributed by atoms with Gasteiger partial charge < -0.3 is 20.7 Å². The lowest BCUT2D eigenvalue weighted by atomic mass is 9.77. The molecule has 36 heavy (non-hydrogen) atoms. The molecule has 12 nitrogen and oxygen atoms in total. The number of imidazole rings is 1. The SMILES string of the molecule is CNc1cc(Nc2cccn(-c3nn(C)cc3F)c2=O)nn2c(C(=O)N[C@@H]3C[C@H]4CCO[C@H]43)cnc12. The van der Waals surface area contributed by atoms with E-state index in [1.165, 1.54) is 27.8 Å². The molecular formula is C23H24FN9O3. The maximum atomic E-state index is 14.2. The second kappa shape index (κ2) is 8.45. The number of fused-ring (bicyclic) bond motifs is 2. The summed E-state index contributed by atoms with van der Waals surface area (Å²) in [6, 6.07) is 4.80. The Kier molecular flexibility index (Phi) is 5.21. The highest BCUT2D eigenvalue weighted by atomic mass is 19.1. The topological polar surface area (TPSA) is 132 Å². The van der Waals surface area contributed by atoms with Crippen molar-refractivity contribution in [2.45, 2.75) is 25.0 Å². The van der Waals surface area contributed by atoms with Gasteiger partial charge >= 0.3 is 0 Å². The smallest absolute Gasteiger partial charge is 0.280 e. The van der Waals surface area contributed by atoms with Crippen molar-refractivity contribution in [1.82, 2.24) is 34.3 Å². The molecule has 186 valence electrons. The molecule has 1 amide bonds. The van der Waals surface area contributed by atoms with Crippen LogP contribution < -0.4 is 21.5 Å². The molecule has 0 unspecified atom stereocenters. The number of halogens is 1. The number of aryl methyl sites for hydroxylation is 1. The Morgan fingerprint density at radius 1 is 1.28 bits per heavy atom. The molecule has 1 aliphatic carbocycles. The van der Waals surface area contributed by atoms with Crippen molar-refractivity contribution >= 4 is 28.7 Å². The van der Waals surface area contributed by atoms with E-state index in [0.29, 0.717) is 17.3 Å². The van der Waals surface area contributed by atoms with Crippen LogP contribution in [0.2, 0.25) is 0 Å². The molecule has 3 N–H and O–H groups in total. The fourth-order valence-corrected chi connectivity index (χ4v) is 4.87. The van der Waals surface area contributed by atoms with Gasteiger partial charge in [-0.3, -0.25) is 18.8 Å². The van der Waals surface area contributed by atoms with Crippen molar-refractivity contribution in [2.75, 3.05) is 24.3 Å². The van der Waals surface area contributed by atoms with Crippen LogP contribution in [0.3, 0.4) is 0 Å². The highest BCUT2D eigenvalue weighted by Crippen LogP contribution is 2.38. The Hall–Kier alpha value is -4.26. The van der Waals surface area contributed by atoms with Crippen molar-refractivity contribution in [3.05, 3.63) is 58.7 Å². The molecule has 4 aromatic heterocycles. The summed E-state index contributed by atoms with van der Waals surface area (Å²) in [5, 5.41) is 17.6. The summed E-state index contributed by atoms with van der Waals surface area (Å²) in [6.45, 7) is 0.730. The van der Waals surface area contributed by atoms with E-state index in [9.17, 15) is 14.0 Å². The molecule has 1 saturated heterocycles. The van der Waals surface area contributed by atoms with E-state index in [1.807, 2.05) is 0 Å². The first kappa shape index (κ1) is 22.2. The van der Waals surface area contributed by atoms with Gasteiger partial charge in [-0.1, -0.05) is 0 Å². The Balaban J connectivity index is 1.32. The Morgan fingerprint density at radius 2 is 2.14 bits per heavy atom. The molecule has 6 rings (SSSR count). The molecule has 0 aromatic carbocycles. The van der Waals surface area contributed by atoms with E-state index in [2.05, 4.69) is 31.1 Å². The lowest BCUT2D eigenvalue weighted by Crippen LogP contribution is -2.54. The third-order valence-corrected chi connectivity index (χ3v) is 6.71. The summed E-state index contributed by atoms with van der Waals surface area (Å²) < 4.78 is 23.8. The first-order valence-electron chi connectivity index (χ1n) is 11.6. The Bertz CT molecular complexity index is 1540. The number of hydrogen-bond donors (Lipinski definition) is 3. The summed E-state index contributed by atoms with van der Waals surface area (Å²) in [5.74, 6) is -0.233. The second-order valence-electron chi connectivity index (χ2n) is 8.97. The van der Waals surface area contributed by atoms with Crippen LogP contribution in [0.15, 0.2) is 41.6 Å². The van der Waals surface area contributed by atoms with Crippen molar-refractivity contribution in [2.24, 2.45) is 13.0 Å². The number of aromatic nitrogens is 6. The van der Waals surface area contributed by atoms with Gasteiger partial charge in [0.2, 0.25) is 0 Å². The van der Waals surface area contributed by atoms with Crippen LogP contribution in [-0.2, 0) is 11.8 Å². The van der Waals surface area contributed by atoms with Crippen LogP contribution in [0.25, 0.3) is 11.5 Å². The van der Waals surface area contributed by atoms with Gasteiger partial charge in [0.1, 0.15) is 5.69 Å². The summed E-state index contributed by atoms with van der Waals surface area (Å²) in [7, 11) is 3.29. The molecule has 0 spiro atoms. The maximum Gasteiger partial charge on any atom is 0.280 e. The predicted octanol–water partition coefficient (Wildman–Crippen LogP) is 1.45. The first-order valence-corrected chi connectivity index (χ1v) is 11.6. The van der Waals surface area contributed by atoms with Crippen molar-refractivity contribution in [3.63, 3.8) is 0 Å². The molecule has 4 aromatic rings. The number of anilines is 3. The number of nitrogens with one attached hydrogen (secondary N) is 3. The average Bonchev–Trinajstić information content (AvgIpc) is 3.54. The standard InChI is InChI=1S/C23H24FN9O3/c1-25-16-9-18(27-14-4-3-6-32(23(14)35)20-13(24)11-31(2)30-20)29-33-17(10-26-21(16)33)22(34)28-15-8-12-5-7-36-19(12)15/h3-4,6,9-12,15,19,25H,5,7-8H2,1-2H3,(H,27,29)(H,28,34)/t12-,15-,19-/m1/s1. The summed E-state index contributed by atoms with van der Waals surface area (Å²) in [5.41, 5.74) is 0.955. The number of pyridine rings is 1. The number of hydrogen-bond acceptors (Lipinski definition) is 8. The molecule has 3 atom stereocenters. The van der Waals surface area contributed by atoms with Crippen LogP contribution in [0, 0.1) is 11.7 Å². The van der Waals surface area contributed by atoms with Crippen LogP contribution in [-0.4, -0.2) is 60.7 Å². The zero-order valence-corrected chi connectivity index (χ0v) is 19.6. The number of nitrogens with zero attached hydrogens (tertiary/aromatic N) is 6. The largest absolute Gasteiger partial charge is 0.385 e. The molecule has 2 aliphatic rings. The molecular weight excluding hydrogens is 469 g/mol. The fourth-order valence-electron chi connectivity index (χ4n) is 4.87. The van der Waals surface area contributed by atoms with Gasteiger partial charge in [-0.2, -0.15) is 5.10 Å². The summed E-state index contributed by atoms with van der Waals surface area (Å²) in [4.78, 5) is 30.5. The first-order chi connectivity index (χ1) is 17.4. The third kappa shape index (κ3) is 3.59. The van der Waals surface area contributed by atoms with E-state index < -0.39 is 11.4 Å². The molecule has 0 radical (unpaired) electrons. The zero-order chi connectivity index (χ0) is 25.0. The van der Waals surface area contributed by atoms with E-state index in [-0.39, 0.29) is 41.1 Å². The second-order valence-corrected chi connectivity index (χ2v) is 8.97. The minimum atomic E-state index is -0.622. The van der Waals surface area contributed by atoms with Crippen LogP contribution in [0.4, 0.5) is 21.6 Å². The fraction of sp³-hybridized carbons (Fsp3) is 0.348. The zero-order valence-electron chi connectivity index (χ0n) is 19.6. The lowest BCUT2D eigenvalue weighted by Gasteiger charge is -2.39. The van der Waals surface area contributed by atoms with Crippen molar-refractivity contribution in [1.29, 1.82) is 0 Å². The van der Waals surface area contributed by atoms with E-state index >= 15 is 0 Å². The Labute approximate surface area is 204 Å². The number of carbonyl (C=O) groups excluding carboxylic acids is 1. The van der Waals surface area contributed by atoms with Gasteiger partial charge in [-0.25, -0.2) is 13.9 Å². The minimum absolute atomic E-state index is 0.0320. The van der Waals surface area contributed by atoms with E-state index in [4.69, 9.17) is 4.74 Å². The Morgan fingerprint density at radius 3 is 2.89 bits per heavy atom. The quantitative estimate of drug-likeness (QED) is 0.368. The molecule has 1 saturated carbocycles. The molecule has 5 heterocycles. The van der Waals surface area contributed by atoms with E-state index in [1.54, 1.807) is 32.3 Å². The number of amides is 1.